The normalized spacial score (nSPS) is 10.7. The molecule has 0 unspecified atom stereocenters. The topological polar surface area (TPSA) is 97.5 Å². The van der Waals surface area contributed by atoms with Gasteiger partial charge in [0.1, 0.15) is 18.1 Å². The Morgan fingerprint density at radius 2 is 1.96 bits per heavy atom. The van der Waals surface area contributed by atoms with Gasteiger partial charge in [0.25, 0.3) is 0 Å². The minimum atomic E-state index is -0.818. The average molecular weight is 323 g/mol. The monoisotopic (exact) mass is 323 g/mol. The summed E-state index contributed by atoms with van der Waals surface area (Å²) >= 11 is 0. The molecule has 0 aliphatic carbocycles. The van der Waals surface area contributed by atoms with Crippen LogP contribution < -0.4 is 10.5 Å². The third-order valence-electron chi connectivity index (χ3n) is 3.82. The van der Waals surface area contributed by atoms with Gasteiger partial charge in [0, 0.05) is 16.1 Å². The molecule has 1 heterocycles. The lowest BCUT2D eigenvalue weighted by Gasteiger charge is -2.07. The van der Waals surface area contributed by atoms with E-state index in [0.29, 0.717) is 30.9 Å². The van der Waals surface area contributed by atoms with Gasteiger partial charge in [-0.15, -0.1) is 4.91 Å². The molecule has 24 heavy (non-hydrogen) atoms. The second kappa shape index (κ2) is 7.06. The zero-order valence-corrected chi connectivity index (χ0v) is 13.0. The number of rotatable bonds is 6. The van der Waals surface area contributed by atoms with Crippen LogP contribution >= 0.6 is 0 Å². The van der Waals surface area contributed by atoms with E-state index in [1.54, 1.807) is 0 Å². The van der Waals surface area contributed by atoms with Crippen molar-refractivity contribution < 1.29 is 9.53 Å². The van der Waals surface area contributed by atoms with Crippen LogP contribution in [0.1, 0.15) is 21.6 Å². The average Bonchev–Trinajstić information content (AvgIpc) is 2.98. The molecule has 1 aromatic heterocycles. The molecule has 0 radical (unpaired) electrons. The first-order valence-corrected chi connectivity index (χ1v) is 7.62. The number of nitrogens with one attached hydrogen (secondary N) is 1. The number of amides is 1. The van der Waals surface area contributed by atoms with E-state index in [4.69, 9.17) is 10.5 Å². The van der Waals surface area contributed by atoms with Crippen LogP contribution in [0.2, 0.25) is 0 Å². The Kier molecular flexibility index (Phi) is 4.67. The molecule has 0 saturated carbocycles. The second-order valence-corrected chi connectivity index (χ2v) is 5.40. The number of nitroso groups, excluding NO2 is 1. The van der Waals surface area contributed by atoms with Crippen LogP contribution in [-0.2, 0) is 13.0 Å². The third kappa shape index (κ3) is 3.18. The second-order valence-electron chi connectivity index (χ2n) is 5.40. The van der Waals surface area contributed by atoms with Gasteiger partial charge >= 0.3 is 5.91 Å². The molecule has 0 aliphatic heterocycles. The lowest BCUT2D eigenvalue weighted by molar-refractivity contribution is 0.0996. The zero-order valence-electron chi connectivity index (χ0n) is 13.0. The number of H-pyrrole nitrogens is 1. The molecule has 122 valence electrons. The maximum Gasteiger partial charge on any atom is 0.333 e. The van der Waals surface area contributed by atoms with Gasteiger partial charge in [-0.05, 0) is 42.3 Å². The number of nitrogens with two attached hydrogens (primary N) is 1. The highest BCUT2D eigenvalue weighted by Crippen LogP contribution is 2.28. The quantitative estimate of drug-likeness (QED) is 0.681. The van der Waals surface area contributed by atoms with Crippen LogP contribution in [0, 0.1) is 4.91 Å². The summed E-state index contributed by atoms with van der Waals surface area (Å²) in [6.45, 7) is 0.811. The summed E-state index contributed by atoms with van der Waals surface area (Å²) in [4.78, 5) is 25.2. The van der Waals surface area contributed by atoms with Crippen molar-refractivity contribution >= 4 is 16.8 Å². The largest absolute Gasteiger partial charge is 0.489 e. The van der Waals surface area contributed by atoms with Crippen LogP contribution in [0.4, 0.5) is 0 Å². The predicted molar refractivity (Wildman–Crippen MR) is 92.0 cm³/mol. The Hall–Kier alpha value is -2.99. The highest BCUT2D eigenvalue weighted by atomic mass is 16.5. The Labute approximate surface area is 138 Å². The predicted octanol–water partition coefficient (Wildman–Crippen LogP) is 3.15. The van der Waals surface area contributed by atoms with Crippen molar-refractivity contribution in [2.24, 2.45) is 10.9 Å². The van der Waals surface area contributed by atoms with Gasteiger partial charge in [0.15, 0.2) is 0 Å². The van der Waals surface area contributed by atoms with Crippen LogP contribution in [-0.4, -0.2) is 17.4 Å². The molecule has 3 rings (SSSR count). The van der Waals surface area contributed by atoms with E-state index in [9.17, 15) is 9.70 Å². The maximum absolute atomic E-state index is 11.7. The van der Waals surface area contributed by atoms with E-state index in [2.05, 4.69) is 10.2 Å². The number of benzene rings is 2. The van der Waals surface area contributed by atoms with Crippen LogP contribution in [0.3, 0.4) is 0 Å². The number of aromatic amines is 1. The van der Waals surface area contributed by atoms with Crippen molar-refractivity contribution in [3.05, 3.63) is 70.3 Å². The first-order valence-electron chi connectivity index (χ1n) is 7.62. The molecule has 1 amide bonds. The molecule has 3 N–H and O–H groups in total. The summed E-state index contributed by atoms with van der Waals surface area (Å²) in [5, 5.41) is 3.32. The lowest BCUT2D eigenvalue weighted by atomic mass is 10.1. The smallest absolute Gasteiger partial charge is 0.333 e. The lowest BCUT2D eigenvalue weighted by Crippen LogP contribution is -2.06. The molecule has 0 aliphatic rings. The van der Waals surface area contributed by atoms with E-state index in [1.165, 1.54) is 0 Å². The number of hydrogen-bond acceptors (Lipinski definition) is 4. The summed E-state index contributed by atoms with van der Waals surface area (Å²) in [6, 6.07) is 15.3. The Bertz CT molecular complexity index is 872. The minimum Gasteiger partial charge on any atom is -0.489 e. The number of fused-ring (bicyclic) bond motifs is 1. The molecular formula is C18H17N3O3. The first kappa shape index (κ1) is 15.9. The van der Waals surface area contributed by atoms with E-state index < -0.39 is 5.91 Å². The fourth-order valence-electron chi connectivity index (χ4n) is 2.69. The fraction of sp³-hybridized carbons (Fsp3) is 0.167. The van der Waals surface area contributed by atoms with Gasteiger partial charge in [-0.1, -0.05) is 30.3 Å². The maximum atomic E-state index is 11.7. The van der Waals surface area contributed by atoms with Gasteiger partial charge in [-0.3, -0.25) is 4.79 Å². The highest BCUT2D eigenvalue weighted by Gasteiger charge is 2.18. The summed E-state index contributed by atoms with van der Waals surface area (Å²) < 4.78 is 5.81. The molecular weight excluding hydrogens is 306 g/mol. The molecule has 0 spiro atoms. The minimum absolute atomic E-state index is 0.200. The summed E-state index contributed by atoms with van der Waals surface area (Å²) in [5.41, 5.74) is 8.34. The number of hydrogen-bond donors (Lipinski definition) is 2. The van der Waals surface area contributed by atoms with Crippen molar-refractivity contribution in [2.75, 3.05) is 6.54 Å². The van der Waals surface area contributed by atoms with Crippen molar-refractivity contribution in [1.29, 1.82) is 0 Å². The number of aromatic nitrogens is 1. The van der Waals surface area contributed by atoms with Crippen molar-refractivity contribution in [1.82, 2.24) is 4.98 Å². The Balaban J connectivity index is 1.92. The number of ether oxygens (including phenoxy) is 1. The van der Waals surface area contributed by atoms with Crippen LogP contribution in [0.5, 0.6) is 5.75 Å². The molecule has 3 aromatic rings. The van der Waals surface area contributed by atoms with Crippen LogP contribution in [0.15, 0.2) is 53.7 Å². The molecule has 0 bridgehead atoms. The molecule has 6 heteroatoms. The molecule has 0 atom stereocenters. The number of carbonyl (C=O) groups is 1. The number of carbonyl (C=O) groups excluding carboxylic acids is 1. The summed E-state index contributed by atoms with van der Waals surface area (Å²) in [7, 11) is 0. The van der Waals surface area contributed by atoms with E-state index in [0.717, 1.165) is 16.5 Å². The van der Waals surface area contributed by atoms with Gasteiger partial charge in [0.2, 0.25) is 0 Å². The third-order valence-corrected chi connectivity index (χ3v) is 3.82. The molecule has 6 nitrogen and oxygen atoms in total. The van der Waals surface area contributed by atoms with Crippen molar-refractivity contribution in [3.8, 4) is 5.75 Å². The first-order chi connectivity index (χ1) is 11.7. The molecule has 0 fully saturated rings. The van der Waals surface area contributed by atoms with Crippen molar-refractivity contribution in [2.45, 2.75) is 13.0 Å². The van der Waals surface area contributed by atoms with Gasteiger partial charge in [-0.2, -0.15) is 0 Å². The summed E-state index contributed by atoms with van der Waals surface area (Å²) in [6.07, 6.45) is 0.471. The van der Waals surface area contributed by atoms with Crippen LogP contribution in [0.25, 0.3) is 10.9 Å². The van der Waals surface area contributed by atoms with Gasteiger partial charge in [-0.25, -0.2) is 0 Å². The van der Waals surface area contributed by atoms with E-state index in [-0.39, 0.29) is 5.69 Å². The van der Waals surface area contributed by atoms with Gasteiger partial charge < -0.3 is 15.5 Å². The molecule has 0 saturated heterocycles. The Morgan fingerprint density at radius 1 is 1.17 bits per heavy atom. The zero-order chi connectivity index (χ0) is 16.9. The van der Waals surface area contributed by atoms with E-state index >= 15 is 0 Å². The standard InChI is InChI=1S/C18H17N3O3/c19-9-8-14-15-10-13(24-11-12-4-2-1-3-5-12)6-7-16(15)20-17(14)18(22)21-23/h1-7,10,20H,8-9,11,19H2. The van der Waals surface area contributed by atoms with Crippen molar-refractivity contribution in [3.63, 3.8) is 0 Å². The van der Waals surface area contributed by atoms with E-state index in [1.807, 2.05) is 48.5 Å². The van der Waals surface area contributed by atoms with Gasteiger partial charge in [0.05, 0.1) is 0 Å². The fourth-order valence-corrected chi connectivity index (χ4v) is 2.69. The number of nitrogens with zero attached hydrogens (tertiary/aromatic N) is 1. The Morgan fingerprint density at radius 3 is 2.67 bits per heavy atom. The molecule has 2 aromatic carbocycles. The SMILES string of the molecule is NCCc1c(C(=O)N=O)[nH]c2ccc(OCc3ccccc3)cc12. The summed E-state index contributed by atoms with van der Waals surface area (Å²) in [5.74, 6) is -0.136. The highest BCUT2D eigenvalue weighted by molar-refractivity contribution is 6.01.